The Morgan fingerprint density at radius 1 is 1.59 bits per heavy atom. The molecule has 0 amide bonds. The summed E-state index contributed by atoms with van der Waals surface area (Å²) in [5.74, 6) is 0.926. The number of furan rings is 1. The van der Waals surface area contributed by atoms with Gasteiger partial charge in [-0.2, -0.15) is 0 Å². The number of rotatable bonds is 4. The molecule has 0 saturated carbocycles. The molecule has 17 heavy (non-hydrogen) atoms. The van der Waals surface area contributed by atoms with Crippen LogP contribution in [0.5, 0.6) is 0 Å². The van der Waals surface area contributed by atoms with Gasteiger partial charge in [0, 0.05) is 12.5 Å². The second-order valence-electron chi connectivity index (χ2n) is 4.08. The zero-order chi connectivity index (χ0) is 12.3. The summed E-state index contributed by atoms with van der Waals surface area (Å²) in [4.78, 5) is 11.3. The summed E-state index contributed by atoms with van der Waals surface area (Å²) in [5.41, 5.74) is 0. The topological polar surface area (TPSA) is 60.7 Å². The van der Waals surface area contributed by atoms with Crippen molar-refractivity contribution in [3.63, 3.8) is 0 Å². The van der Waals surface area contributed by atoms with Crippen molar-refractivity contribution >= 4 is 5.97 Å². The summed E-state index contributed by atoms with van der Waals surface area (Å²) < 4.78 is 15.5. The molecule has 1 aliphatic heterocycles. The molecule has 0 radical (unpaired) electrons. The van der Waals surface area contributed by atoms with E-state index in [1.165, 1.54) is 7.11 Å². The fourth-order valence-corrected chi connectivity index (χ4v) is 2.16. The molecule has 1 saturated heterocycles. The molecule has 1 fully saturated rings. The van der Waals surface area contributed by atoms with Gasteiger partial charge in [-0.3, -0.25) is 0 Å². The number of esters is 1. The smallest absolute Gasteiger partial charge is 0.373 e. The lowest BCUT2D eigenvalue weighted by Gasteiger charge is -2.19. The summed E-state index contributed by atoms with van der Waals surface area (Å²) in [6, 6.07) is 3.53. The maximum Gasteiger partial charge on any atom is 0.373 e. The van der Waals surface area contributed by atoms with E-state index < -0.39 is 5.97 Å². The monoisotopic (exact) mass is 239 g/mol. The third-order valence-electron chi connectivity index (χ3n) is 3.07. The molecule has 2 heterocycles. The number of methoxy groups -OCH3 is 1. The normalized spacial score (nSPS) is 21.4. The van der Waals surface area contributed by atoms with Crippen LogP contribution in [0.2, 0.25) is 0 Å². The molecule has 0 bridgehead atoms. The highest BCUT2D eigenvalue weighted by molar-refractivity contribution is 5.86. The van der Waals surface area contributed by atoms with E-state index in [4.69, 9.17) is 9.15 Å². The molecular formula is C12H17NO4. The van der Waals surface area contributed by atoms with E-state index in [1.54, 1.807) is 6.07 Å². The summed E-state index contributed by atoms with van der Waals surface area (Å²) >= 11 is 0. The number of hydrogen-bond donors (Lipinski definition) is 1. The second-order valence-corrected chi connectivity index (χ2v) is 4.08. The highest BCUT2D eigenvalue weighted by atomic mass is 16.5. The van der Waals surface area contributed by atoms with Gasteiger partial charge in [-0.05, 0) is 25.6 Å². The first-order valence-electron chi connectivity index (χ1n) is 5.69. The minimum absolute atomic E-state index is 0.0795. The number of hydrogen-bond acceptors (Lipinski definition) is 5. The quantitative estimate of drug-likeness (QED) is 0.804. The van der Waals surface area contributed by atoms with Crippen molar-refractivity contribution in [2.24, 2.45) is 5.92 Å². The Labute approximate surface area is 100 Å². The molecule has 1 aromatic heterocycles. The molecule has 94 valence electrons. The van der Waals surface area contributed by atoms with Crippen molar-refractivity contribution in [2.45, 2.75) is 12.5 Å². The SMILES string of the molecule is CNC(c1ccc(C(=O)OC)o1)C1CCOC1. The van der Waals surface area contributed by atoms with Gasteiger partial charge in [0.2, 0.25) is 5.76 Å². The van der Waals surface area contributed by atoms with E-state index in [-0.39, 0.29) is 11.8 Å². The first kappa shape index (κ1) is 12.1. The number of nitrogens with one attached hydrogen (secondary N) is 1. The van der Waals surface area contributed by atoms with E-state index in [9.17, 15) is 4.79 Å². The van der Waals surface area contributed by atoms with Crippen molar-refractivity contribution in [3.05, 3.63) is 23.7 Å². The first-order valence-corrected chi connectivity index (χ1v) is 5.69. The molecule has 1 aromatic rings. The van der Waals surface area contributed by atoms with Crippen LogP contribution in [0.3, 0.4) is 0 Å². The molecular weight excluding hydrogens is 222 g/mol. The second kappa shape index (κ2) is 5.33. The van der Waals surface area contributed by atoms with E-state index in [0.29, 0.717) is 5.92 Å². The first-order chi connectivity index (χ1) is 8.26. The van der Waals surface area contributed by atoms with E-state index in [2.05, 4.69) is 10.1 Å². The molecule has 1 aliphatic rings. The zero-order valence-electron chi connectivity index (χ0n) is 10.1. The third-order valence-corrected chi connectivity index (χ3v) is 3.07. The largest absolute Gasteiger partial charge is 0.463 e. The molecule has 0 aliphatic carbocycles. The van der Waals surface area contributed by atoms with Crippen molar-refractivity contribution in [1.82, 2.24) is 5.32 Å². The summed E-state index contributed by atoms with van der Waals surface area (Å²) in [6.07, 6.45) is 1.000. The number of carbonyl (C=O) groups is 1. The predicted molar refractivity (Wildman–Crippen MR) is 60.8 cm³/mol. The van der Waals surface area contributed by atoms with E-state index in [0.717, 1.165) is 25.4 Å². The van der Waals surface area contributed by atoms with Crippen LogP contribution in [0.25, 0.3) is 0 Å². The lowest BCUT2D eigenvalue weighted by atomic mass is 9.97. The molecule has 2 atom stereocenters. The molecule has 2 rings (SSSR count). The molecule has 5 heteroatoms. The van der Waals surface area contributed by atoms with Gasteiger partial charge in [-0.15, -0.1) is 0 Å². The highest BCUT2D eigenvalue weighted by Crippen LogP contribution is 2.29. The fourth-order valence-electron chi connectivity index (χ4n) is 2.16. The van der Waals surface area contributed by atoms with Crippen LogP contribution < -0.4 is 5.32 Å². The maximum atomic E-state index is 11.3. The summed E-state index contributed by atoms with van der Waals surface area (Å²) in [7, 11) is 3.22. The summed E-state index contributed by atoms with van der Waals surface area (Å²) in [5, 5.41) is 3.20. The Hall–Kier alpha value is -1.33. The number of ether oxygens (including phenoxy) is 2. The Balaban J connectivity index is 2.13. The van der Waals surface area contributed by atoms with Crippen LogP contribution in [-0.2, 0) is 9.47 Å². The highest BCUT2D eigenvalue weighted by Gasteiger charge is 2.28. The van der Waals surface area contributed by atoms with Crippen LogP contribution in [-0.4, -0.2) is 33.3 Å². The minimum Gasteiger partial charge on any atom is -0.463 e. The Morgan fingerprint density at radius 2 is 2.41 bits per heavy atom. The third kappa shape index (κ3) is 2.50. The standard InChI is InChI=1S/C12H17NO4/c1-13-11(8-5-6-16-7-8)9-3-4-10(17-9)12(14)15-2/h3-4,8,11,13H,5-7H2,1-2H3. The molecule has 0 spiro atoms. The van der Waals surface area contributed by atoms with Crippen LogP contribution in [0, 0.1) is 5.92 Å². The van der Waals surface area contributed by atoms with Crippen molar-refractivity contribution in [1.29, 1.82) is 0 Å². The Kier molecular flexibility index (Phi) is 3.81. The lowest BCUT2D eigenvalue weighted by Crippen LogP contribution is -2.25. The van der Waals surface area contributed by atoms with Crippen LogP contribution >= 0.6 is 0 Å². The minimum atomic E-state index is -0.450. The Morgan fingerprint density at radius 3 is 3.00 bits per heavy atom. The van der Waals surface area contributed by atoms with Gasteiger partial charge in [0.1, 0.15) is 5.76 Å². The van der Waals surface area contributed by atoms with Gasteiger partial charge in [-0.25, -0.2) is 4.79 Å². The summed E-state index contributed by atoms with van der Waals surface area (Å²) in [6.45, 7) is 1.51. The van der Waals surface area contributed by atoms with E-state index in [1.807, 2.05) is 13.1 Å². The van der Waals surface area contributed by atoms with Gasteiger partial charge in [-0.1, -0.05) is 0 Å². The van der Waals surface area contributed by atoms with Gasteiger partial charge < -0.3 is 19.2 Å². The number of carbonyl (C=O) groups excluding carboxylic acids is 1. The van der Waals surface area contributed by atoms with Crippen LogP contribution in [0.1, 0.15) is 28.8 Å². The van der Waals surface area contributed by atoms with Gasteiger partial charge >= 0.3 is 5.97 Å². The fraction of sp³-hybridized carbons (Fsp3) is 0.583. The Bertz CT molecular complexity index is 382. The van der Waals surface area contributed by atoms with Gasteiger partial charge in [0.25, 0.3) is 0 Å². The average molecular weight is 239 g/mol. The maximum absolute atomic E-state index is 11.3. The zero-order valence-corrected chi connectivity index (χ0v) is 10.1. The van der Waals surface area contributed by atoms with Crippen molar-refractivity contribution in [3.8, 4) is 0 Å². The predicted octanol–water partition coefficient (Wildman–Crippen LogP) is 1.36. The average Bonchev–Trinajstić information content (AvgIpc) is 3.00. The molecule has 1 N–H and O–H groups in total. The molecule has 5 nitrogen and oxygen atoms in total. The van der Waals surface area contributed by atoms with Crippen LogP contribution in [0.4, 0.5) is 0 Å². The molecule has 2 unspecified atom stereocenters. The van der Waals surface area contributed by atoms with Crippen molar-refractivity contribution in [2.75, 3.05) is 27.4 Å². The molecule has 0 aromatic carbocycles. The van der Waals surface area contributed by atoms with Crippen LogP contribution in [0.15, 0.2) is 16.5 Å². The van der Waals surface area contributed by atoms with E-state index >= 15 is 0 Å². The van der Waals surface area contributed by atoms with Gasteiger partial charge in [0.05, 0.1) is 19.8 Å². The lowest BCUT2D eigenvalue weighted by molar-refractivity contribution is 0.0561. The van der Waals surface area contributed by atoms with Crippen molar-refractivity contribution < 1.29 is 18.7 Å². The van der Waals surface area contributed by atoms with Gasteiger partial charge in [0.15, 0.2) is 0 Å².